The Bertz CT molecular complexity index is 999. The lowest BCUT2D eigenvalue weighted by Crippen LogP contribution is -2.25. The lowest BCUT2D eigenvalue weighted by atomic mass is 10.1. The highest BCUT2D eigenvalue weighted by Crippen LogP contribution is 2.18. The number of hydrogen-bond donors (Lipinski definition) is 2. The first-order valence-corrected chi connectivity index (χ1v) is 8.02. The summed E-state index contributed by atoms with van der Waals surface area (Å²) < 4.78 is 1.59. The molecule has 6 nitrogen and oxygen atoms in total. The Labute approximate surface area is 144 Å². The molecule has 2 heterocycles. The van der Waals surface area contributed by atoms with Crippen LogP contribution in [0.4, 0.5) is 0 Å². The molecule has 2 aromatic heterocycles. The van der Waals surface area contributed by atoms with E-state index < -0.39 is 0 Å². The molecule has 0 bridgehead atoms. The number of imidazole rings is 1. The quantitative estimate of drug-likeness (QED) is 0.604. The number of amides is 1. The van der Waals surface area contributed by atoms with Crippen molar-refractivity contribution in [3.8, 4) is 11.3 Å². The molecule has 0 saturated carbocycles. The Morgan fingerprint density at radius 3 is 2.68 bits per heavy atom. The average Bonchev–Trinajstić information content (AvgIpc) is 3.23. The Hall–Kier alpha value is -3.41. The minimum Gasteiger partial charge on any atom is -0.343 e. The van der Waals surface area contributed by atoms with Crippen LogP contribution in [0.3, 0.4) is 0 Å². The minimum absolute atomic E-state index is 0.183. The molecule has 0 atom stereocenters. The predicted octanol–water partition coefficient (Wildman–Crippen LogP) is 2.89. The number of nitrogens with zero attached hydrogens (tertiary/aromatic N) is 3. The van der Waals surface area contributed by atoms with Crippen LogP contribution in [0.2, 0.25) is 0 Å². The SMILES string of the molecule is Cn1nc(-c2ccccc2)cc1C(=O)NCc1nc2ccccc2[nH]1. The molecule has 25 heavy (non-hydrogen) atoms. The van der Waals surface area contributed by atoms with E-state index >= 15 is 0 Å². The van der Waals surface area contributed by atoms with Crippen molar-refractivity contribution in [3.05, 3.63) is 72.2 Å². The number of carbonyl (C=O) groups excluding carboxylic acids is 1. The predicted molar refractivity (Wildman–Crippen MR) is 95.9 cm³/mol. The molecule has 0 radical (unpaired) electrons. The van der Waals surface area contributed by atoms with Gasteiger partial charge in [0.25, 0.3) is 5.91 Å². The number of nitrogens with one attached hydrogen (secondary N) is 2. The molecule has 0 aliphatic heterocycles. The van der Waals surface area contributed by atoms with Gasteiger partial charge < -0.3 is 10.3 Å². The molecule has 0 aliphatic rings. The largest absolute Gasteiger partial charge is 0.343 e. The molecule has 0 spiro atoms. The van der Waals surface area contributed by atoms with Gasteiger partial charge in [0.2, 0.25) is 0 Å². The monoisotopic (exact) mass is 331 g/mol. The van der Waals surface area contributed by atoms with Crippen LogP contribution in [0.1, 0.15) is 16.3 Å². The Kier molecular flexibility index (Phi) is 3.78. The van der Waals surface area contributed by atoms with Crippen molar-refractivity contribution < 1.29 is 4.79 Å². The van der Waals surface area contributed by atoms with Crippen LogP contribution >= 0.6 is 0 Å². The first-order chi connectivity index (χ1) is 12.2. The lowest BCUT2D eigenvalue weighted by Gasteiger charge is -2.02. The fraction of sp³-hybridized carbons (Fsp3) is 0.105. The average molecular weight is 331 g/mol. The normalized spacial score (nSPS) is 10.9. The molecule has 0 saturated heterocycles. The Morgan fingerprint density at radius 2 is 1.88 bits per heavy atom. The second-order valence-electron chi connectivity index (χ2n) is 5.79. The highest BCUT2D eigenvalue weighted by molar-refractivity contribution is 5.93. The molecule has 4 rings (SSSR count). The van der Waals surface area contributed by atoms with Crippen LogP contribution in [0, 0.1) is 0 Å². The topological polar surface area (TPSA) is 75.6 Å². The summed E-state index contributed by atoms with van der Waals surface area (Å²) in [5.41, 5.74) is 4.11. The van der Waals surface area contributed by atoms with Crippen molar-refractivity contribution in [2.45, 2.75) is 6.54 Å². The van der Waals surface area contributed by atoms with E-state index in [9.17, 15) is 4.79 Å². The molecule has 6 heteroatoms. The van der Waals surface area contributed by atoms with Gasteiger partial charge in [-0.15, -0.1) is 0 Å². The molecule has 0 fully saturated rings. The van der Waals surface area contributed by atoms with Crippen LogP contribution in [0.25, 0.3) is 22.3 Å². The number of para-hydroxylation sites is 2. The molecule has 2 N–H and O–H groups in total. The fourth-order valence-electron chi connectivity index (χ4n) is 2.77. The second kappa shape index (κ2) is 6.24. The van der Waals surface area contributed by atoms with E-state index in [1.807, 2.05) is 54.6 Å². The number of carbonyl (C=O) groups is 1. The molecule has 2 aromatic carbocycles. The molecular weight excluding hydrogens is 314 g/mol. The molecule has 4 aromatic rings. The van der Waals surface area contributed by atoms with Crippen molar-refractivity contribution in [1.82, 2.24) is 25.1 Å². The van der Waals surface area contributed by atoms with E-state index in [2.05, 4.69) is 20.4 Å². The third-order valence-corrected chi connectivity index (χ3v) is 4.04. The number of aromatic amines is 1. The number of aryl methyl sites for hydroxylation is 1. The van der Waals surface area contributed by atoms with E-state index in [-0.39, 0.29) is 5.91 Å². The van der Waals surface area contributed by atoms with E-state index in [0.717, 1.165) is 28.1 Å². The minimum atomic E-state index is -0.183. The first-order valence-electron chi connectivity index (χ1n) is 8.02. The van der Waals surface area contributed by atoms with E-state index in [1.165, 1.54) is 0 Å². The van der Waals surface area contributed by atoms with Gasteiger partial charge >= 0.3 is 0 Å². The highest BCUT2D eigenvalue weighted by atomic mass is 16.2. The van der Waals surface area contributed by atoms with Crippen LogP contribution in [0.15, 0.2) is 60.7 Å². The van der Waals surface area contributed by atoms with E-state index in [4.69, 9.17) is 0 Å². The highest BCUT2D eigenvalue weighted by Gasteiger charge is 2.14. The molecule has 0 unspecified atom stereocenters. The Morgan fingerprint density at radius 1 is 1.12 bits per heavy atom. The number of hydrogen-bond acceptors (Lipinski definition) is 3. The zero-order valence-electron chi connectivity index (χ0n) is 13.7. The summed E-state index contributed by atoms with van der Waals surface area (Å²) in [5, 5.41) is 7.31. The summed E-state index contributed by atoms with van der Waals surface area (Å²) in [6, 6.07) is 19.4. The number of H-pyrrole nitrogens is 1. The lowest BCUT2D eigenvalue weighted by molar-refractivity contribution is 0.0940. The summed E-state index contributed by atoms with van der Waals surface area (Å²) in [7, 11) is 1.77. The van der Waals surface area contributed by atoms with E-state index in [0.29, 0.717) is 12.2 Å². The Balaban J connectivity index is 1.50. The third kappa shape index (κ3) is 3.01. The van der Waals surface area contributed by atoms with Gasteiger partial charge in [-0.05, 0) is 18.2 Å². The summed E-state index contributed by atoms with van der Waals surface area (Å²) in [6.07, 6.45) is 0. The molecular formula is C19H17N5O. The maximum Gasteiger partial charge on any atom is 0.269 e. The van der Waals surface area contributed by atoms with E-state index in [1.54, 1.807) is 17.8 Å². The zero-order chi connectivity index (χ0) is 17.2. The summed E-state index contributed by atoms with van der Waals surface area (Å²) in [4.78, 5) is 20.1. The third-order valence-electron chi connectivity index (χ3n) is 4.04. The van der Waals surface area contributed by atoms with Crippen molar-refractivity contribution >= 4 is 16.9 Å². The summed E-state index contributed by atoms with van der Waals surface area (Å²) >= 11 is 0. The maximum atomic E-state index is 12.5. The van der Waals surface area contributed by atoms with Crippen molar-refractivity contribution in [2.75, 3.05) is 0 Å². The van der Waals surface area contributed by atoms with Gasteiger partial charge in [0.1, 0.15) is 11.5 Å². The molecule has 124 valence electrons. The molecule has 1 amide bonds. The number of benzene rings is 2. The van der Waals surface area contributed by atoms with Gasteiger partial charge in [0, 0.05) is 12.6 Å². The molecule has 0 aliphatic carbocycles. The number of aromatic nitrogens is 4. The second-order valence-corrected chi connectivity index (χ2v) is 5.79. The first kappa shape index (κ1) is 15.1. The van der Waals surface area contributed by atoms with Gasteiger partial charge in [-0.25, -0.2) is 4.98 Å². The van der Waals surface area contributed by atoms with Crippen LogP contribution in [0.5, 0.6) is 0 Å². The standard InChI is InChI=1S/C19H17N5O/c1-24-17(11-16(23-24)13-7-3-2-4-8-13)19(25)20-12-18-21-14-9-5-6-10-15(14)22-18/h2-11H,12H2,1H3,(H,20,25)(H,21,22). The zero-order valence-corrected chi connectivity index (χ0v) is 13.7. The van der Waals surface area contributed by atoms with Crippen LogP contribution in [-0.2, 0) is 13.6 Å². The van der Waals surface area contributed by atoms with Crippen molar-refractivity contribution in [2.24, 2.45) is 7.05 Å². The summed E-state index contributed by atoms with van der Waals surface area (Å²) in [6.45, 7) is 0.333. The van der Waals surface area contributed by atoms with Crippen LogP contribution in [-0.4, -0.2) is 25.7 Å². The smallest absolute Gasteiger partial charge is 0.269 e. The van der Waals surface area contributed by atoms with Crippen molar-refractivity contribution in [1.29, 1.82) is 0 Å². The summed E-state index contributed by atoms with van der Waals surface area (Å²) in [5.74, 6) is 0.539. The maximum absolute atomic E-state index is 12.5. The van der Waals surface area contributed by atoms with Gasteiger partial charge in [-0.2, -0.15) is 5.10 Å². The van der Waals surface area contributed by atoms with Crippen LogP contribution < -0.4 is 5.32 Å². The van der Waals surface area contributed by atoms with Gasteiger partial charge in [0.05, 0.1) is 23.3 Å². The number of fused-ring (bicyclic) bond motifs is 1. The van der Waals surface area contributed by atoms with Gasteiger partial charge in [-0.1, -0.05) is 42.5 Å². The number of rotatable bonds is 4. The fourth-order valence-corrected chi connectivity index (χ4v) is 2.77. The van der Waals surface area contributed by atoms with Crippen molar-refractivity contribution in [3.63, 3.8) is 0 Å². The van der Waals surface area contributed by atoms with Gasteiger partial charge in [0.15, 0.2) is 0 Å². The van der Waals surface area contributed by atoms with Gasteiger partial charge in [-0.3, -0.25) is 9.48 Å².